The first-order chi connectivity index (χ1) is 6.95. The van der Waals surface area contributed by atoms with Gasteiger partial charge in [0.05, 0.1) is 5.52 Å². The van der Waals surface area contributed by atoms with Gasteiger partial charge in [0, 0.05) is 5.39 Å². The van der Waals surface area contributed by atoms with E-state index in [1.54, 1.807) is 0 Å². The van der Waals surface area contributed by atoms with E-state index >= 15 is 0 Å². The number of hydrogen-bond donors (Lipinski definition) is 1. The van der Waals surface area contributed by atoms with Gasteiger partial charge in [0.15, 0.2) is 5.69 Å². The Balaban J connectivity index is 2.12. The van der Waals surface area contributed by atoms with Gasteiger partial charge in [-0.3, -0.25) is 5.10 Å². The Morgan fingerprint density at radius 2 is 1.86 bits per heavy atom. The van der Waals surface area contributed by atoms with E-state index in [0.29, 0.717) is 12.0 Å². The van der Waals surface area contributed by atoms with Crippen LogP contribution < -0.4 is 0 Å². The smallest absolute Gasteiger partial charge is 0.383 e. The maximum atomic E-state index is 5.14. The standard InChI is InChI=1S/C10H7N2O2/c1-2-4-8-7(3-1)9(12-11-8)10-13-5-6-14-10/h1-6H,(H,11,12). The van der Waals surface area contributed by atoms with Gasteiger partial charge in [0.1, 0.15) is 12.5 Å². The van der Waals surface area contributed by atoms with Crippen LogP contribution in [0.1, 0.15) is 5.69 Å². The molecule has 0 saturated carbocycles. The summed E-state index contributed by atoms with van der Waals surface area (Å²) >= 11 is 0. The SMILES string of the molecule is C1=CO[C](c2n[nH]c3ccccc23)O1. The fourth-order valence-corrected chi connectivity index (χ4v) is 1.44. The molecule has 4 nitrogen and oxygen atoms in total. The van der Waals surface area contributed by atoms with Crippen LogP contribution in [0.4, 0.5) is 0 Å². The summed E-state index contributed by atoms with van der Waals surface area (Å²) in [7, 11) is 0. The number of rotatable bonds is 1. The lowest BCUT2D eigenvalue weighted by Crippen LogP contribution is -1.99. The molecular formula is C10H7N2O2. The monoisotopic (exact) mass is 187 g/mol. The van der Waals surface area contributed by atoms with Crippen molar-refractivity contribution in [3.05, 3.63) is 48.8 Å². The first-order valence-electron chi connectivity index (χ1n) is 4.24. The molecule has 0 spiro atoms. The van der Waals surface area contributed by atoms with Crippen LogP contribution in [0.5, 0.6) is 0 Å². The zero-order chi connectivity index (χ0) is 9.38. The van der Waals surface area contributed by atoms with Crippen molar-refractivity contribution < 1.29 is 9.47 Å². The lowest BCUT2D eigenvalue weighted by atomic mass is 10.2. The molecule has 1 aromatic carbocycles. The van der Waals surface area contributed by atoms with E-state index in [1.165, 1.54) is 12.5 Å². The number of nitrogens with zero attached hydrogens (tertiary/aromatic N) is 1. The molecule has 0 bridgehead atoms. The lowest BCUT2D eigenvalue weighted by Gasteiger charge is -2.03. The number of aromatic amines is 1. The largest absolute Gasteiger partial charge is 0.445 e. The maximum absolute atomic E-state index is 5.14. The maximum Gasteiger partial charge on any atom is 0.383 e. The topological polar surface area (TPSA) is 47.1 Å². The zero-order valence-corrected chi connectivity index (χ0v) is 7.23. The average Bonchev–Trinajstić information content (AvgIpc) is 2.85. The molecule has 14 heavy (non-hydrogen) atoms. The Morgan fingerprint density at radius 3 is 2.71 bits per heavy atom. The third kappa shape index (κ3) is 0.970. The number of hydrogen-bond acceptors (Lipinski definition) is 3. The summed E-state index contributed by atoms with van der Waals surface area (Å²) in [6, 6.07) is 7.81. The number of benzene rings is 1. The fraction of sp³-hybridized carbons (Fsp3) is 0. The van der Waals surface area contributed by atoms with Crippen molar-refractivity contribution in [3.63, 3.8) is 0 Å². The molecule has 0 saturated heterocycles. The predicted octanol–water partition coefficient (Wildman–Crippen LogP) is 1.92. The molecule has 2 heterocycles. The Bertz CT molecular complexity index is 482. The first kappa shape index (κ1) is 7.44. The quantitative estimate of drug-likeness (QED) is 0.741. The molecule has 0 atom stereocenters. The van der Waals surface area contributed by atoms with Crippen LogP contribution in [-0.4, -0.2) is 10.2 Å². The van der Waals surface area contributed by atoms with Crippen molar-refractivity contribution in [1.29, 1.82) is 0 Å². The Kier molecular flexibility index (Phi) is 1.47. The van der Waals surface area contributed by atoms with Crippen molar-refractivity contribution >= 4 is 10.9 Å². The van der Waals surface area contributed by atoms with Gasteiger partial charge in [-0.1, -0.05) is 18.2 Å². The highest BCUT2D eigenvalue weighted by molar-refractivity contribution is 5.82. The Morgan fingerprint density at radius 1 is 1.07 bits per heavy atom. The van der Waals surface area contributed by atoms with Gasteiger partial charge in [-0.05, 0) is 6.07 Å². The number of para-hydroxylation sites is 1. The highest BCUT2D eigenvalue weighted by Crippen LogP contribution is 2.27. The van der Waals surface area contributed by atoms with Gasteiger partial charge in [-0.2, -0.15) is 5.10 Å². The molecule has 1 N–H and O–H groups in total. The van der Waals surface area contributed by atoms with E-state index in [2.05, 4.69) is 10.2 Å². The molecule has 1 aliphatic rings. The molecule has 2 aromatic rings. The normalized spacial score (nSPS) is 15.7. The van der Waals surface area contributed by atoms with Crippen LogP contribution in [-0.2, 0) is 9.47 Å². The van der Waals surface area contributed by atoms with Crippen molar-refractivity contribution in [1.82, 2.24) is 10.2 Å². The summed E-state index contributed by atoms with van der Waals surface area (Å²) in [5.74, 6) is 0. The van der Waals surface area contributed by atoms with Crippen molar-refractivity contribution in [2.24, 2.45) is 0 Å². The van der Waals surface area contributed by atoms with Crippen molar-refractivity contribution in [2.45, 2.75) is 0 Å². The van der Waals surface area contributed by atoms with Crippen LogP contribution in [0.25, 0.3) is 10.9 Å². The second-order valence-corrected chi connectivity index (χ2v) is 2.91. The summed E-state index contributed by atoms with van der Waals surface area (Å²) in [6.07, 6.45) is 3.39. The number of ether oxygens (including phenoxy) is 2. The molecule has 0 unspecified atom stereocenters. The van der Waals surface area contributed by atoms with Gasteiger partial charge >= 0.3 is 6.29 Å². The lowest BCUT2D eigenvalue weighted by molar-refractivity contribution is 0.120. The van der Waals surface area contributed by atoms with Gasteiger partial charge in [-0.25, -0.2) is 0 Å². The summed E-state index contributed by atoms with van der Waals surface area (Å²) in [6.45, 7) is 0. The molecule has 1 radical (unpaired) electrons. The van der Waals surface area contributed by atoms with Crippen molar-refractivity contribution in [2.75, 3.05) is 0 Å². The molecule has 0 amide bonds. The minimum absolute atomic E-state index is 0.419. The summed E-state index contributed by atoms with van der Waals surface area (Å²) in [4.78, 5) is 0. The Hall–Kier alpha value is -1.97. The van der Waals surface area contributed by atoms with E-state index in [0.717, 1.165) is 10.9 Å². The number of aromatic nitrogens is 2. The van der Waals surface area contributed by atoms with Crippen LogP contribution in [0.3, 0.4) is 0 Å². The van der Waals surface area contributed by atoms with E-state index in [1.807, 2.05) is 24.3 Å². The average molecular weight is 187 g/mol. The van der Waals surface area contributed by atoms with Gasteiger partial charge in [0.2, 0.25) is 0 Å². The number of fused-ring (bicyclic) bond motifs is 1. The van der Waals surface area contributed by atoms with Crippen LogP contribution in [0, 0.1) is 6.29 Å². The predicted molar refractivity (Wildman–Crippen MR) is 49.7 cm³/mol. The van der Waals surface area contributed by atoms with E-state index in [-0.39, 0.29) is 0 Å². The highest BCUT2D eigenvalue weighted by atomic mass is 16.7. The molecule has 0 fully saturated rings. The third-order valence-electron chi connectivity index (χ3n) is 2.07. The summed E-state index contributed by atoms with van der Waals surface area (Å²) < 4.78 is 10.3. The second-order valence-electron chi connectivity index (χ2n) is 2.91. The van der Waals surface area contributed by atoms with E-state index in [4.69, 9.17) is 9.47 Å². The highest BCUT2D eigenvalue weighted by Gasteiger charge is 2.24. The van der Waals surface area contributed by atoms with Gasteiger partial charge < -0.3 is 9.47 Å². The van der Waals surface area contributed by atoms with E-state index in [9.17, 15) is 0 Å². The molecule has 1 aliphatic heterocycles. The van der Waals surface area contributed by atoms with E-state index < -0.39 is 0 Å². The summed E-state index contributed by atoms with van der Waals surface area (Å²) in [5.41, 5.74) is 1.67. The number of H-pyrrole nitrogens is 1. The van der Waals surface area contributed by atoms with Crippen LogP contribution >= 0.6 is 0 Å². The number of nitrogens with one attached hydrogen (secondary N) is 1. The Labute approximate surface area is 80.1 Å². The summed E-state index contributed by atoms with van der Waals surface area (Å²) in [5, 5.41) is 8.02. The van der Waals surface area contributed by atoms with Gasteiger partial charge in [-0.15, -0.1) is 0 Å². The molecule has 3 rings (SSSR count). The second kappa shape index (κ2) is 2.77. The minimum atomic E-state index is 0.419. The van der Waals surface area contributed by atoms with Crippen LogP contribution in [0.15, 0.2) is 36.8 Å². The third-order valence-corrected chi connectivity index (χ3v) is 2.07. The molecular weight excluding hydrogens is 180 g/mol. The molecule has 69 valence electrons. The first-order valence-corrected chi connectivity index (χ1v) is 4.24. The molecule has 4 heteroatoms. The van der Waals surface area contributed by atoms with Crippen LogP contribution in [0.2, 0.25) is 0 Å². The zero-order valence-electron chi connectivity index (χ0n) is 7.23. The van der Waals surface area contributed by atoms with Crippen molar-refractivity contribution in [3.8, 4) is 0 Å². The molecule has 1 aromatic heterocycles. The van der Waals surface area contributed by atoms with Gasteiger partial charge in [0.25, 0.3) is 0 Å². The minimum Gasteiger partial charge on any atom is -0.445 e. The fourth-order valence-electron chi connectivity index (χ4n) is 1.44. The molecule has 0 aliphatic carbocycles.